The minimum Gasteiger partial charge on any atom is -0.171 e. The fourth-order valence-corrected chi connectivity index (χ4v) is 2.99. The lowest BCUT2D eigenvalue weighted by Gasteiger charge is -2.01. The van der Waals surface area contributed by atoms with Crippen molar-refractivity contribution in [1.29, 1.82) is 0 Å². The molecule has 0 aromatic heterocycles. The van der Waals surface area contributed by atoms with Gasteiger partial charge in [-0.3, -0.25) is 0 Å². The molecule has 1 nitrogen and oxygen atoms in total. The molecule has 0 amide bonds. The third-order valence-corrected chi connectivity index (χ3v) is 3.47. The minimum absolute atomic E-state index is 0.343. The van der Waals surface area contributed by atoms with Gasteiger partial charge in [-0.15, -0.1) is 0 Å². The third kappa shape index (κ3) is 2.59. The molecule has 1 aliphatic rings. The fourth-order valence-electron chi connectivity index (χ4n) is 0.997. The van der Waals surface area contributed by atoms with Gasteiger partial charge in [0.05, 0.1) is 0 Å². The molecule has 0 spiro atoms. The maximum Gasteiger partial charge on any atom is 0.147 e. The first kappa shape index (κ1) is 7.42. The maximum atomic E-state index is 5.64. The summed E-state index contributed by atoms with van der Waals surface area (Å²) in [5.74, 6) is 2.64. The van der Waals surface area contributed by atoms with Crippen molar-refractivity contribution in [3.63, 3.8) is 0 Å². The molecule has 2 heteroatoms. The molecule has 1 heterocycles. The van der Waals surface area contributed by atoms with Crippen LogP contribution in [-0.4, -0.2) is 17.6 Å². The van der Waals surface area contributed by atoms with Crippen LogP contribution in [0.2, 0.25) is 0 Å². The van der Waals surface area contributed by atoms with Crippen LogP contribution in [0, 0.1) is 0 Å². The van der Waals surface area contributed by atoms with Gasteiger partial charge in [-0.05, 0) is 26.7 Å². The molecule has 1 aliphatic heterocycles. The molecule has 0 saturated carbocycles. The number of hydrogen-bond acceptors (Lipinski definition) is 1. The van der Waals surface area contributed by atoms with E-state index in [4.69, 9.17) is 4.18 Å². The molecular weight excluding hydrogens is 132 g/mol. The van der Waals surface area contributed by atoms with Gasteiger partial charge in [-0.2, -0.15) is 4.18 Å². The Kier molecular flexibility index (Phi) is 2.86. The zero-order valence-corrected chi connectivity index (χ0v) is 7.04. The van der Waals surface area contributed by atoms with Crippen molar-refractivity contribution < 1.29 is 4.18 Å². The second-order valence-electron chi connectivity index (χ2n) is 2.70. The van der Waals surface area contributed by atoms with Crippen LogP contribution in [-0.2, 0) is 15.4 Å². The Morgan fingerprint density at radius 2 is 1.78 bits per heavy atom. The Morgan fingerprint density at radius 1 is 1.22 bits per heavy atom. The molecule has 1 rings (SSSR count). The van der Waals surface area contributed by atoms with Crippen LogP contribution in [0.3, 0.4) is 0 Å². The van der Waals surface area contributed by atoms with E-state index in [1.807, 2.05) is 0 Å². The van der Waals surface area contributed by atoms with Crippen LogP contribution in [0.5, 0.6) is 0 Å². The van der Waals surface area contributed by atoms with Crippen LogP contribution in [0.1, 0.15) is 26.7 Å². The third-order valence-electron chi connectivity index (χ3n) is 1.32. The van der Waals surface area contributed by atoms with Crippen LogP contribution in [0.4, 0.5) is 0 Å². The van der Waals surface area contributed by atoms with Crippen LogP contribution >= 0.6 is 0 Å². The molecule has 9 heavy (non-hydrogen) atoms. The van der Waals surface area contributed by atoms with Crippen molar-refractivity contribution in [3.8, 4) is 0 Å². The lowest BCUT2D eigenvalue weighted by Crippen LogP contribution is -2.13. The molecule has 0 atom stereocenters. The largest absolute Gasteiger partial charge is 0.171 e. The summed E-state index contributed by atoms with van der Waals surface area (Å²) < 4.78 is 5.64. The molecular formula is C7H15OS+. The van der Waals surface area contributed by atoms with E-state index in [0.717, 1.165) is 0 Å². The lowest BCUT2D eigenvalue weighted by atomic mass is 10.4. The summed E-state index contributed by atoms with van der Waals surface area (Å²) in [7, 11) is 0. The predicted octanol–water partition coefficient (Wildman–Crippen LogP) is 1.74. The Bertz CT molecular complexity index is 77.0. The zero-order valence-electron chi connectivity index (χ0n) is 6.22. The van der Waals surface area contributed by atoms with Crippen LogP contribution < -0.4 is 0 Å². The van der Waals surface area contributed by atoms with Gasteiger partial charge >= 0.3 is 0 Å². The first-order valence-electron chi connectivity index (χ1n) is 3.63. The second-order valence-corrected chi connectivity index (χ2v) is 4.59. The lowest BCUT2D eigenvalue weighted by molar-refractivity contribution is 0.280. The first-order chi connectivity index (χ1) is 4.29. The molecule has 0 aromatic carbocycles. The SMILES string of the molecule is CC(C)O[S+]1CCCC1. The molecule has 0 aromatic rings. The van der Waals surface area contributed by atoms with E-state index < -0.39 is 0 Å². The monoisotopic (exact) mass is 147 g/mol. The standard InChI is InChI=1S/C7H15OS/c1-7(2)8-9-5-3-4-6-9/h7H,3-6H2,1-2H3/q+1. The Balaban J connectivity index is 2.11. The molecule has 0 unspecified atom stereocenters. The van der Waals surface area contributed by atoms with Gasteiger partial charge in [0.15, 0.2) is 0 Å². The van der Waals surface area contributed by atoms with Crippen molar-refractivity contribution in [2.24, 2.45) is 0 Å². The van der Waals surface area contributed by atoms with E-state index in [-0.39, 0.29) is 0 Å². The molecule has 1 fully saturated rings. The molecule has 0 N–H and O–H groups in total. The minimum atomic E-state index is 0.343. The highest BCUT2D eigenvalue weighted by Crippen LogP contribution is 2.15. The molecule has 1 saturated heterocycles. The molecule has 54 valence electrons. The van der Waals surface area contributed by atoms with E-state index in [9.17, 15) is 0 Å². The number of hydrogen-bond donors (Lipinski definition) is 0. The van der Waals surface area contributed by atoms with Crippen molar-refractivity contribution in [2.45, 2.75) is 32.8 Å². The topological polar surface area (TPSA) is 9.23 Å². The average Bonchev–Trinajstić information content (AvgIpc) is 2.15. The maximum absolute atomic E-state index is 5.64. The number of rotatable bonds is 2. The quantitative estimate of drug-likeness (QED) is 0.541. The molecule has 0 aliphatic carbocycles. The van der Waals surface area contributed by atoms with E-state index in [1.165, 1.54) is 24.3 Å². The average molecular weight is 147 g/mol. The molecule has 0 radical (unpaired) electrons. The Labute approximate surface area is 60.3 Å². The van der Waals surface area contributed by atoms with Gasteiger partial charge in [0.2, 0.25) is 0 Å². The van der Waals surface area contributed by atoms with E-state index in [2.05, 4.69) is 13.8 Å². The van der Waals surface area contributed by atoms with E-state index in [1.54, 1.807) is 0 Å². The summed E-state index contributed by atoms with van der Waals surface area (Å²) in [5.41, 5.74) is 0. The normalized spacial score (nSPS) is 21.7. The van der Waals surface area contributed by atoms with Crippen molar-refractivity contribution >= 4 is 11.2 Å². The molecule has 0 bridgehead atoms. The summed E-state index contributed by atoms with van der Waals surface area (Å²) >= 11 is 0.343. The highest BCUT2D eigenvalue weighted by molar-refractivity contribution is 7.92. The highest BCUT2D eigenvalue weighted by Gasteiger charge is 2.27. The first-order valence-corrected chi connectivity index (χ1v) is 5.12. The van der Waals surface area contributed by atoms with Crippen molar-refractivity contribution in [2.75, 3.05) is 11.5 Å². The van der Waals surface area contributed by atoms with Gasteiger partial charge < -0.3 is 0 Å². The summed E-state index contributed by atoms with van der Waals surface area (Å²) in [6.07, 6.45) is 3.21. The van der Waals surface area contributed by atoms with E-state index in [0.29, 0.717) is 17.3 Å². The fraction of sp³-hybridized carbons (Fsp3) is 1.00. The predicted molar refractivity (Wildman–Crippen MR) is 42.6 cm³/mol. The van der Waals surface area contributed by atoms with Gasteiger partial charge in [-0.1, -0.05) is 0 Å². The van der Waals surface area contributed by atoms with Crippen molar-refractivity contribution in [3.05, 3.63) is 0 Å². The Morgan fingerprint density at radius 3 is 2.22 bits per heavy atom. The summed E-state index contributed by atoms with van der Waals surface area (Å²) in [6.45, 7) is 4.23. The smallest absolute Gasteiger partial charge is 0.147 e. The Hall–Kier alpha value is 0.310. The highest BCUT2D eigenvalue weighted by atomic mass is 32.2. The van der Waals surface area contributed by atoms with Crippen LogP contribution in [0.25, 0.3) is 0 Å². The summed E-state index contributed by atoms with van der Waals surface area (Å²) in [4.78, 5) is 0. The van der Waals surface area contributed by atoms with Gasteiger partial charge in [0.25, 0.3) is 0 Å². The summed E-state index contributed by atoms with van der Waals surface area (Å²) in [5, 5.41) is 0. The van der Waals surface area contributed by atoms with E-state index >= 15 is 0 Å². The van der Waals surface area contributed by atoms with Gasteiger partial charge in [0.1, 0.15) is 28.8 Å². The van der Waals surface area contributed by atoms with Gasteiger partial charge in [-0.25, -0.2) is 0 Å². The second kappa shape index (κ2) is 3.47. The van der Waals surface area contributed by atoms with Crippen LogP contribution in [0.15, 0.2) is 0 Å². The summed E-state index contributed by atoms with van der Waals surface area (Å²) in [6, 6.07) is 0. The zero-order chi connectivity index (χ0) is 6.69. The van der Waals surface area contributed by atoms with Gasteiger partial charge in [0, 0.05) is 0 Å². The van der Waals surface area contributed by atoms with Crippen molar-refractivity contribution in [1.82, 2.24) is 0 Å².